The molecule has 4 rings (SSSR count). The van der Waals surface area contributed by atoms with Crippen molar-refractivity contribution in [2.24, 2.45) is 0 Å². The first-order valence-electron chi connectivity index (χ1n) is 10.1. The fraction of sp³-hybridized carbons (Fsp3) is 0.182. The maximum atomic E-state index is 13.1. The predicted octanol–water partition coefficient (Wildman–Crippen LogP) is 1.48. The van der Waals surface area contributed by atoms with Crippen molar-refractivity contribution in [3.05, 3.63) is 78.1 Å². The Hall–Kier alpha value is -3.28. The second kappa shape index (κ2) is 8.93. The van der Waals surface area contributed by atoms with Crippen LogP contribution in [0.2, 0.25) is 0 Å². The smallest absolute Gasteiger partial charge is 0.243 e. The first-order chi connectivity index (χ1) is 15.7. The lowest BCUT2D eigenvalue weighted by molar-refractivity contribution is -0.121. The van der Waals surface area contributed by atoms with Crippen molar-refractivity contribution >= 4 is 31.5 Å². The number of carbonyl (C=O) groups is 1. The normalized spacial score (nSPS) is 15.5. The van der Waals surface area contributed by atoms with E-state index in [4.69, 9.17) is 0 Å². The molecule has 1 unspecified atom stereocenters. The lowest BCUT2D eigenvalue weighted by Crippen LogP contribution is -2.38. The molecule has 11 heteroatoms. The lowest BCUT2D eigenvalue weighted by Gasteiger charge is -2.13. The molecule has 1 aliphatic heterocycles. The minimum Gasteiger partial charge on any atom is -0.373 e. The Balaban J connectivity index is 1.46. The molecule has 0 spiro atoms. The topological polar surface area (TPSA) is 134 Å². The molecule has 0 saturated carbocycles. The van der Waals surface area contributed by atoms with Crippen LogP contribution in [0.25, 0.3) is 0 Å². The summed E-state index contributed by atoms with van der Waals surface area (Å²) >= 11 is 0. The second-order valence-corrected chi connectivity index (χ2v) is 11.2. The van der Waals surface area contributed by atoms with Crippen LogP contribution < -0.4 is 15.4 Å². The minimum atomic E-state index is -4.08. The average Bonchev–Trinajstić information content (AvgIpc) is 3.27. The summed E-state index contributed by atoms with van der Waals surface area (Å²) in [5.74, 6) is -0.172. The molecule has 1 atom stereocenters. The van der Waals surface area contributed by atoms with E-state index in [0.717, 1.165) is 11.3 Å². The van der Waals surface area contributed by atoms with E-state index in [1.165, 1.54) is 43.4 Å². The van der Waals surface area contributed by atoms with E-state index < -0.39 is 25.9 Å². The molecule has 33 heavy (non-hydrogen) atoms. The number of aromatic nitrogens is 1. The molecule has 0 fully saturated rings. The van der Waals surface area contributed by atoms with E-state index in [0.29, 0.717) is 12.0 Å². The number of amides is 1. The minimum absolute atomic E-state index is 0.0447. The highest BCUT2D eigenvalue weighted by Crippen LogP contribution is 2.27. The number of sulfonamides is 1. The zero-order valence-corrected chi connectivity index (χ0v) is 19.3. The van der Waals surface area contributed by atoms with E-state index >= 15 is 0 Å². The van der Waals surface area contributed by atoms with Crippen LogP contribution in [0.1, 0.15) is 11.1 Å². The Bertz CT molecular complexity index is 1380. The van der Waals surface area contributed by atoms with E-state index in [-0.39, 0.29) is 27.1 Å². The average molecular weight is 487 g/mol. The van der Waals surface area contributed by atoms with Crippen molar-refractivity contribution in [3.63, 3.8) is 0 Å². The van der Waals surface area contributed by atoms with Gasteiger partial charge in [0.25, 0.3) is 0 Å². The Morgan fingerprint density at radius 3 is 2.39 bits per heavy atom. The molecule has 0 radical (unpaired) electrons. The lowest BCUT2D eigenvalue weighted by atomic mass is 10.1. The van der Waals surface area contributed by atoms with Crippen LogP contribution >= 0.6 is 0 Å². The SMILES string of the molecule is CNS(=O)(=O)c1ccccc1S(=O)(=O)c1ccc(CNC(=O)C2Cc3cnccc3N2)cc1. The third kappa shape index (κ3) is 4.61. The van der Waals surface area contributed by atoms with Crippen molar-refractivity contribution in [1.29, 1.82) is 0 Å². The fourth-order valence-electron chi connectivity index (χ4n) is 3.58. The highest BCUT2D eigenvalue weighted by atomic mass is 32.2. The van der Waals surface area contributed by atoms with Crippen molar-refractivity contribution in [1.82, 2.24) is 15.0 Å². The molecule has 172 valence electrons. The summed E-state index contributed by atoms with van der Waals surface area (Å²) in [7, 11) is -6.82. The summed E-state index contributed by atoms with van der Waals surface area (Å²) in [6.07, 6.45) is 3.93. The van der Waals surface area contributed by atoms with Crippen molar-refractivity contribution in [2.45, 2.75) is 33.7 Å². The molecule has 0 aliphatic carbocycles. The van der Waals surface area contributed by atoms with Gasteiger partial charge in [-0.15, -0.1) is 0 Å². The van der Waals surface area contributed by atoms with Crippen LogP contribution in [0.5, 0.6) is 0 Å². The highest BCUT2D eigenvalue weighted by Gasteiger charge is 2.28. The van der Waals surface area contributed by atoms with Gasteiger partial charge in [-0.2, -0.15) is 0 Å². The van der Waals surface area contributed by atoms with E-state index in [9.17, 15) is 21.6 Å². The monoisotopic (exact) mass is 486 g/mol. The molecule has 1 aliphatic rings. The van der Waals surface area contributed by atoms with Gasteiger partial charge < -0.3 is 10.6 Å². The molecule has 0 bridgehead atoms. The number of anilines is 1. The first-order valence-corrected chi connectivity index (χ1v) is 13.0. The summed E-state index contributed by atoms with van der Waals surface area (Å²) in [5, 5.41) is 6.00. The number of benzene rings is 2. The largest absolute Gasteiger partial charge is 0.373 e. The zero-order chi connectivity index (χ0) is 23.6. The Labute approximate surface area is 192 Å². The van der Waals surface area contributed by atoms with Gasteiger partial charge in [-0.05, 0) is 48.5 Å². The number of hydrogen-bond donors (Lipinski definition) is 3. The summed E-state index contributed by atoms with van der Waals surface area (Å²) < 4.78 is 52.9. The summed E-state index contributed by atoms with van der Waals surface area (Å²) in [5.41, 5.74) is 2.57. The number of nitrogens with zero attached hydrogens (tertiary/aromatic N) is 1. The van der Waals surface area contributed by atoms with Gasteiger partial charge in [-0.1, -0.05) is 24.3 Å². The van der Waals surface area contributed by atoms with Gasteiger partial charge in [0.1, 0.15) is 10.9 Å². The molecule has 3 aromatic rings. The van der Waals surface area contributed by atoms with Crippen LogP contribution in [0.3, 0.4) is 0 Å². The molecular weight excluding hydrogens is 464 g/mol. The molecule has 9 nitrogen and oxygen atoms in total. The van der Waals surface area contributed by atoms with Gasteiger partial charge in [-0.3, -0.25) is 9.78 Å². The summed E-state index contributed by atoms with van der Waals surface area (Å²) in [6, 6.07) is 12.8. The van der Waals surface area contributed by atoms with Crippen LogP contribution in [-0.2, 0) is 37.6 Å². The van der Waals surface area contributed by atoms with Gasteiger partial charge >= 0.3 is 0 Å². The van der Waals surface area contributed by atoms with Crippen LogP contribution in [0, 0.1) is 0 Å². The first kappa shape index (κ1) is 22.9. The summed E-state index contributed by atoms with van der Waals surface area (Å²) in [6.45, 7) is 0.219. The molecule has 3 N–H and O–H groups in total. The van der Waals surface area contributed by atoms with Crippen LogP contribution in [-0.4, -0.2) is 40.8 Å². The van der Waals surface area contributed by atoms with E-state index in [1.54, 1.807) is 24.5 Å². The molecule has 2 aromatic carbocycles. The Morgan fingerprint density at radius 2 is 1.73 bits per heavy atom. The molecule has 2 heterocycles. The Morgan fingerprint density at radius 1 is 1.03 bits per heavy atom. The second-order valence-electron chi connectivity index (χ2n) is 7.45. The number of rotatable bonds is 7. The molecule has 0 saturated heterocycles. The maximum Gasteiger partial charge on any atom is 0.243 e. The van der Waals surface area contributed by atoms with Gasteiger partial charge in [0, 0.05) is 31.0 Å². The molecule has 1 aromatic heterocycles. The number of nitrogens with one attached hydrogen (secondary N) is 3. The van der Waals surface area contributed by atoms with Crippen molar-refractivity contribution in [2.75, 3.05) is 12.4 Å². The standard InChI is InChI=1S/C22H22N4O5S2/c1-23-33(30,31)21-5-3-2-4-20(21)32(28,29)17-8-6-15(7-9-17)13-25-22(27)19-12-16-14-24-11-10-18(16)26-19/h2-11,14,19,23,26H,12-13H2,1H3,(H,25,27). The fourth-order valence-corrected chi connectivity index (χ4v) is 6.39. The van der Waals surface area contributed by atoms with Gasteiger partial charge in [0.2, 0.25) is 25.8 Å². The summed E-state index contributed by atoms with van der Waals surface area (Å²) in [4.78, 5) is 15.9. The van der Waals surface area contributed by atoms with Gasteiger partial charge in [0.15, 0.2) is 0 Å². The van der Waals surface area contributed by atoms with Crippen LogP contribution in [0.15, 0.2) is 81.7 Å². The quantitative estimate of drug-likeness (QED) is 0.460. The van der Waals surface area contributed by atoms with Crippen molar-refractivity contribution < 1.29 is 21.6 Å². The van der Waals surface area contributed by atoms with Gasteiger partial charge in [0.05, 0.1) is 9.79 Å². The third-order valence-corrected chi connectivity index (χ3v) is 8.80. The Kier molecular flexibility index (Phi) is 6.19. The number of carbonyl (C=O) groups excluding carboxylic acids is 1. The molecule has 1 amide bonds. The van der Waals surface area contributed by atoms with E-state index in [2.05, 4.69) is 20.3 Å². The van der Waals surface area contributed by atoms with E-state index in [1.807, 2.05) is 6.07 Å². The number of pyridine rings is 1. The third-order valence-electron chi connectivity index (χ3n) is 5.37. The van der Waals surface area contributed by atoms with Gasteiger partial charge in [-0.25, -0.2) is 21.6 Å². The number of sulfone groups is 1. The number of fused-ring (bicyclic) bond motifs is 1. The van der Waals surface area contributed by atoms with Crippen LogP contribution in [0.4, 0.5) is 5.69 Å². The molecular formula is C22H22N4O5S2. The maximum absolute atomic E-state index is 13.1. The number of hydrogen-bond acceptors (Lipinski definition) is 7. The highest BCUT2D eigenvalue weighted by molar-refractivity contribution is 7.93. The predicted molar refractivity (Wildman–Crippen MR) is 122 cm³/mol. The zero-order valence-electron chi connectivity index (χ0n) is 17.6. The van der Waals surface area contributed by atoms with Crippen molar-refractivity contribution in [3.8, 4) is 0 Å².